The van der Waals surface area contributed by atoms with Gasteiger partial charge in [-0.15, -0.1) is 0 Å². The molecule has 0 aromatic heterocycles. The molecule has 0 aliphatic carbocycles. The lowest BCUT2D eigenvalue weighted by Gasteiger charge is -2.13. The van der Waals surface area contributed by atoms with E-state index in [-0.39, 0.29) is 6.61 Å². The molecule has 0 saturated heterocycles. The molecule has 1 atom stereocenters. The quantitative estimate of drug-likeness (QED) is 0.929. The number of nitriles is 1. The second kappa shape index (κ2) is 6.42. The van der Waals surface area contributed by atoms with Crippen molar-refractivity contribution in [1.29, 1.82) is 5.26 Å². The number of aliphatic hydroxyl groups excluding tert-OH is 1. The molecule has 4 heteroatoms. The van der Waals surface area contributed by atoms with E-state index in [1.54, 1.807) is 31.2 Å². The third-order valence-corrected chi connectivity index (χ3v) is 3.29. The molecule has 2 aromatic carbocycles. The van der Waals surface area contributed by atoms with E-state index in [1.807, 2.05) is 24.3 Å². The van der Waals surface area contributed by atoms with Crippen molar-refractivity contribution in [3.63, 3.8) is 0 Å². The van der Waals surface area contributed by atoms with Crippen molar-refractivity contribution in [2.24, 2.45) is 0 Å². The standard InChI is InChI=1S/C16H14ClNO2/c1-11(19)14-4-2-3-5-16(14)20-10-13-7-6-12(9-18)8-15(13)17/h2-8,11,19H,10H2,1H3. The number of ether oxygens (including phenoxy) is 1. The summed E-state index contributed by atoms with van der Waals surface area (Å²) in [5.41, 5.74) is 2.05. The predicted molar refractivity (Wildman–Crippen MR) is 77.6 cm³/mol. The summed E-state index contributed by atoms with van der Waals surface area (Å²) in [5.74, 6) is 0.628. The molecule has 1 unspecified atom stereocenters. The molecule has 0 aliphatic rings. The Morgan fingerprint density at radius 3 is 2.70 bits per heavy atom. The van der Waals surface area contributed by atoms with Crippen LogP contribution < -0.4 is 4.74 Å². The Balaban J connectivity index is 2.15. The zero-order valence-electron chi connectivity index (χ0n) is 11.0. The summed E-state index contributed by atoms with van der Waals surface area (Å²) < 4.78 is 5.71. The van der Waals surface area contributed by atoms with Crippen LogP contribution in [0.15, 0.2) is 42.5 Å². The van der Waals surface area contributed by atoms with Gasteiger partial charge in [0, 0.05) is 16.1 Å². The van der Waals surface area contributed by atoms with Crippen LogP contribution in [0.5, 0.6) is 5.75 Å². The van der Waals surface area contributed by atoms with E-state index in [4.69, 9.17) is 21.6 Å². The minimum Gasteiger partial charge on any atom is -0.488 e. The van der Waals surface area contributed by atoms with E-state index >= 15 is 0 Å². The second-order valence-corrected chi connectivity index (χ2v) is 4.83. The van der Waals surface area contributed by atoms with E-state index in [0.29, 0.717) is 16.3 Å². The smallest absolute Gasteiger partial charge is 0.125 e. The van der Waals surface area contributed by atoms with Crippen molar-refractivity contribution in [2.75, 3.05) is 0 Å². The molecular formula is C16H14ClNO2. The molecule has 2 rings (SSSR count). The molecular weight excluding hydrogens is 274 g/mol. The predicted octanol–water partition coefficient (Wildman–Crippen LogP) is 3.84. The summed E-state index contributed by atoms with van der Waals surface area (Å²) in [6.07, 6.45) is -0.595. The van der Waals surface area contributed by atoms with Gasteiger partial charge in [-0.25, -0.2) is 0 Å². The summed E-state index contributed by atoms with van der Waals surface area (Å²) in [4.78, 5) is 0. The molecule has 0 fully saturated rings. The molecule has 2 aromatic rings. The Kier molecular flexibility index (Phi) is 4.62. The van der Waals surface area contributed by atoms with Gasteiger partial charge in [-0.3, -0.25) is 0 Å². The highest BCUT2D eigenvalue weighted by Gasteiger charge is 2.09. The number of aliphatic hydroxyl groups is 1. The van der Waals surface area contributed by atoms with Crippen LogP contribution in [-0.4, -0.2) is 5.11 Å². The maximum atomic E-state index is 9.68. The first-order valence-electron chi connectivity index (χ1n) is 6.20. The van der Waals surface area contributed by atoms with E-state index in [2.05, 4.69) is 0 Å². The van der Waals surface area contributed by atoms with Crippen LogP contribution in [0.2, 0.25) is 5.02 Å². The fourth-order valence-electron chi connectivity index (χ4n) is 1.85. The first-order valence-corrected chi connectivity index (χ1v) is 6.58. The number of hydrogen-bond acceptors (Lipinski definition) is 3. The average Bonchev–Trinajstić information content (AvgIpc) is 2.46. The zero-order valence-corrected chi connectivity index (χ0v) is 11.8. The lowest BCUT2D eigenvalue weighted by atomic mass is 10.1. The molecule has 0 bridgehead atoms. The maximum absolute atomic E-state index is 9.68. The molecule has 3 nitrogen and oxygen atoms in total. The molecule has 0 amide bonds. The Bertz CT molecular complexity index is 647. The molecule has 0 aliphatic heterocycles. The van der Waals surface area contributed by atoms with E-state index in [0.717, 1.165) is 11.1 Å². The number of halogens is 1. The highest BCUT2D eigenvalue weighted by Crippen LogP contribution is 2.26. The highest BCUT2D eigenvalue weighted by molar-refractivity contribution is 6.31. The minimum atomic E-state index is -0.595. The Labute approximate surface area is 123 Å². The van der Waals surface area contributed by atoms with Crippen molar-refractivity contribution < 1.29 is 9.84 Å². The van der Waals surface area contributed by atoms with E-state index in [1.165, 1.54) is 0 Å². The van der Waals surface area contributed by atoms with Gasteiger partial charge in [-0.2, -0.15) is 5.26 Å². The summed E-state index contributed by atoms with van der Waals surface area (Å²) in [5, 5.41) is 19.0. The van der Waals surface area contributed by atoms with Gasteiger partial charge in [0.25, 0.3) is 0 Å². The fraction of sp³-hybridized carbons (Fsp3) is 0.188. The van der Waals surface area contributed by atoms with Gasteiger partial charge in [-0.05, 0) is 25.1 Å². The molecule has 0 radical (unpaired) electrons. The maximum Gasteiger partial charge on any atom is 0.125 e. The van der Waals surface area contributed by atoms with Crippen molar-refractivity contribution in [1.82, 2.24) is 0 Å². The van der Waals surface area contributed by atoms with Gasteiger partial charge in [0.05, 0.1) is 17.7 Å². The topological polar surface area (TPSA) is 53.2 Å². The summed E-state index contributed by atoms with van der Waals surface area (Å²) in [6, 6.07) is 14.4. The van der Waals surface area contributed by atoms with Crippen molar-refractivity contribution in [2.45, 2.75) is 19.6 Å². The van der Waals surface area contributed by atoms with Gasteiger partial charge in [0.15, 0.2) is 0 Å². The van der Waals surface area contributed by atoms with Gasteiger partial charge in [0.2, 0.25) is 0 Å². The third-order valence-electron chi connectivity index (χ3n) is 2.93. The largest absolute Gasteiger partial charge is 0.488 e. The number of nitrogens with zero attached hydrogens (tertiary/aromatic N) is 1. The minimum absolute atomic E-state index is 0.286. The Hall–Kier alpha value is -2.02. The van der Waals surface area contributed by atoms with Gasteiger partial charge >= 0.3 is 0 Å². The zero-order chi connectivity index (χ0) is 14.5. The van der Waals surface area contributed by atoms with Gasteiger partial charge in [-0.1, -0.05) is 35.9 Å². The summed E-state index contributed by atoms with van der Waals surface area (Å²) in [7, 11) is 0. The highest BCUT2D eigenvalue weighted by atomic mass is 35.5. The fourth-order valence-corrected chi connectivity index (χ4v) is 2.08. The van der Waals surface area contributed by atoms with Gasteiger partial charge < -0.3 is 9.84 Å². The summed E-state index contributed by atoms with van der Waals surface area (Å²) in [6.45, 7) is 1.98. The number of hydrogen-bond donors (Lipinski definition) is 1. The van der Waals surface area contributed by atoms with E-state index in [9.17, 15) is 5.11 Å². The Morgan fingerprint density at radius 1 is 1.30 bits per heavy atom. The van der Waals surface area contributed by atoms with Crippen LogP contribution in [0.1, 0.15) is 29.7 Å². The number of benzene rings is 2. The number of rotatable bonds is 4. The molecule has 20 heavy (non-hydrogen) atoms. The normalized spacial score (nSPS) is 11.7. The van der Waals surface area contributed by atoms with Crippen molar-refractivity contribution in [3.05, 3.63) is 64.2 Å². The van der Waals surface area contributed by atoms with Crippen LogP contribution in [0, 0.1) is 11.3 Å². The lowest BCUT2D eigenvalue weighted by Crippen LogP contribution is -2.01. The first-order chi connectivity index (χ1) is 9.61. The van der Waals surface area contributed by atoms with Crippen LogP contribution in [0.25, 0.3) is 0 Å². The monoisotopic (exact) mass is 287 g/mol. The Morgan fingerprint density at radius 2 is 2.05 bits per heavy atom. The van der Waals surface area contributed by atoms with Crippen LogP contribution in [-0.2, 0) is 6.61 Å². The van der Waals surface area contributed by atoms with Crippen LogP contribution in [0.4, 0.5) is 0 Å². The van der Waals surface area contributed by atoms with Crippen molar-refractivity contribution in [3.8, 4) is 11.8 Å². The van der Waals surface area contributed by atoms with Crippen molar-refractivity contribution >= 4 is 11.6 Å². The average molecular weight is 288 g/mol. The second-order valence-electron chi connectivity index (χ2n) is 4.42. The van der Waals surface area contributed by atoms with Gasteiger partial charge in [0.1, 0.15) is 12.4 Å². The molecule has 0 heterocycles. The molecule has 0 spiro atoms. The lowest BCUT2D eigenvalue weighted by molar-refractivity contribution is 0.190. The molecule has 102 valence electrons. The SMILES string of the molecule is CC(O)c1ccccc1OCc1ccc(C#N)cc1Cl. The van der Waals surface area contributed by atoms with Crippen LogP contribution >= 0.6 is 11.6 Å². The summed E-state index contributed by atoms with van der Waals surface area (Å²) >= 11 is 6.10. The number of para-hydroxylation sites is 1. The molecule has 1 N–H and O–H groups in total. The van der Waals surface area contributed by atoms with Crippen LogP contribution in [0.3, 0.4) is 0 Å². The van der Waals surface area contributed by atoms with E-state index < -0.39 is 6.10 Å². The molecule has 0 saturated carbocycles. The first kappa shape index (κ1) is 14.4. The third kappa shape index (κ3) is 3.30.